The lowest BCUT2D eigenvalue weighted by Crippen LogP contribution is -2.27. The molecule has 2 aliphatic rings. The molecule has 3 heterocycles. The van der Waals surface area contributed by atoms with Gasteiger partial charge >= 0.3 is 0 Å². The van der Waals surface area contributed by atoms with Crippen LogP contribution >= 0.6 is 32.8 Å². The Morgan fingerprint density at radius 3 is 2.63 bits per heavy atom. The van der Waals surface area contributed by atoms with Crippen LogP contribution in [0.1, 0.15) is 17.0 Å². The van der Waals surface area contributed by atoms with E-state index < -0.39 is 0 Å². The number of nitrogens with zero attached hydrogens (tertiary/aromatic N) is 3. The number of thioether (sulfide) groups is 1. The summed E-state index contributed by atoms with van der Waals surface area (Å²) in [6, 6.07) is 11.0. The van der Waals surface area contributed by atoms with Crippen LogP contribution in [0.5, 0.6) is 0 Å². The quantitative estimate of drug-likeness (QED) is 0.403. The highest BCUT2D eigenvalue weighted by atomic mass is 127. The van der Waals surface area contributed by atoms with Gasteiger partial charge in [-0.2, -0.15) is 0 Å². The molecule has 0 atom stereocenters. The molecule has 0 unspecified atom stereocenters. The zero-order valence-electron chi connectivity index (χ0n) is 14.7. The van der Waals surface area contributed by atoms with Crippen LogP contribution in [0.25, 0.3) is 11.8 Å². The standard InChI is InChI=1S/C20H16IN3O2S/c1-13-10-15(14(2)23(13)17-8-9-21-22-12-17)11-18-19(25)24(20(26)27-18)16-6-4-3-5-7-16/h3-12H,1-2H3/b18-11-. The minimum Gasteiger partial charge on any atom is -0.316 e. The normalized spacial score (nSPS) is 18.2. The van der Waals surface area contributed by atoms with Crippen molar-refractivity contribution in [3.05, 3.63) is 74.6 Å². The molecular weight excluding hydrogens is 473 g/mol. The van der Waals surface area contributed by atoms with Crippen molar-refractivity contribution in [2.75, 3.05) is 4.90 Å². The van der Waals surface area contributed by atoms with Crippen molar-refractivity contribution in [1.29, 1.82) is 0 Å². The lowest BCUT2D eigenvalue weighted by Gasteiger charge is -2.11. The topological polar surface area (TPSA) is 54.7 Å². The van der Waals surface area contributed by atoms with Gasteiger partial charge in [-0.25, -0.2) is 8.05 Å². The Morgan fingerprint density at radius 2 is 1.93 bits per heavy atom. The summed E-state index contributed by atoms with van der Waals surface area (Å²) in [6.45, 7) is 4.04. The lowest BCUT2D eigenvalue weighted by atomic mass is 10.2. The van der Waals surface area contributed by atoms with Crippen molar-refractivity contribution in [3.8, 4) is 0 Å². The van der Waals surface area contributed by atoms with Gasteiger partial charge in [0.15, 0.2) is 0 Å². The summed E-state index contributed by atoms with van der Waals surface area (Å²) in [5.74, 6) is -0.280. The van der Waals surface area contributed by atoms with E-state index >= 15 is 0 Å². The number of carbonyl (C=O) groups is 2. The predicted molar refractivity (Wildman–Crippen MR) is 119 cm³/mol. The predicted octanol–water partition coefficient (Wildman–Crippen LogP) is 5.83. The summed E-state index contributed by atoms with van der Waals surface area (Å²) >= 11 is 0.761. The maximum Gasteiger partial charge on any atom is 0.298 e. The fourth-order valence-electron chi connectivity index (χ4n) is 3.12. The van der Waals surface area contributed by atoms with E-state index in [4.69, 9.17) is 0 Å². The van der Waals surface area contributed by atoms with Crippen LogP contribution in [0.3, 0.4) is 0 Å². The molecule has 7 heteroatoms. The fourth-order valence-corrected chi connectivity index (χ4v) is 5.11. The monoisotopic (exact) mass is 489 g/mol. The first-order valence-electron chi connectivity index (χ1n) is 8.28. The Morgan fingerprint density at radius 1 is 1.15 bits per heavy atom. The van der Waals surface area contributed by atoms with E-state index in [0.29, 0.717) is 10.6 Å². The van der Waals surface area contributed by atoms with Crippen LogP contribution in [0.15, 0.2) is 60.8 Å². The van der Waals surface area contributed by atoms with Gasteiger partial charge in [-0.3, -0.25) is 9.59 Å². The Labute approximate surface area is 171 Å². The van der Waals surface area contributed by atoms with Gasteiger partial charge in [-0.1, -0.05) is 18.2 Å². The minimum absolute atomic E-state index is 0.216. The zero-order valence-corrected chi connectivity index (χ0v) is 17.7. The van der Waals surface area contributed by atoms with Gasteiger partial charge in [0.25, 0.3) is 11.1 Å². The van der Waals surface area contributed by atoms with E-state index in [1.54, 1.807) is 12.1 Å². The molecule has 27 heavy (non-hydrogen) atoms. The number of allylic oxidation sites excluding steroid dienone is 2. The number of anilines is 1. The number of halogens is 1. The molecule has 1 fully saturated rings. The van der Waals surface area contributed by atoms with Crippen LogP contribution in [0, 0.1) is 13.8 Å². The molecule has 0 radical (unpaired) electrons. The van der Waals surface area contributed by atoms with E-state index in [2.05, 4.69) is 17.9 Å². The van der Waals surface area contributed by atoms with Crippen LogP contribution in [-0.2, 0) is 4.79 Å². The minimum atomic E-state index is -0.280. The number of carbonyl (C=O) groups excluding carboxylic acids is 2. The van der Waals surface area contributed by atoms with Crippen LogP contribution < -0.4 is 4.90 Å². The third kappa shape index (κ3) is 3.37. The second-order valence-electron chi connectivity index (χ2n) is 6.06. The van der Waals surface area contributed by atoms with Crippen LogP contribution in [0.4, 0.5) is 10.5 Å². The summed E-state index contributed by atoms with van der Waals surface area (Å²) in [5, 5.41) is -0.271. The number of amides is 2. The molecule has 0 saturated carbocycles. The van der Waals surface area contributed by atoms with Crippen LogP contribution in [-0.4, -0.2) is 15.7 Å². The summed E-state index contributed by atoms with van der Waals surface area (Å²) in [4.78, 5) is 26.8. The number of para-hydroxylation sites is 1. The van der Waals surface area contributed by atoms with Crippen molar-refractivity contribution >= 4 is 61.4 Å². The van der Waals surface area contributed by atoms with Gasteiger partial charge in [0.1, 0.15) is 0 Å². The summed E-state index contributed by atoms with van der Waals surface area (Å²) in [7, 11) is 0. The highest BCUT2D eigenvalue weighted by Gasteiger charge is 2.36. The maximum atomic E-state index is 12.8. The van der Waals surface area contributed by atoms with Crippen molar-refractivity contribution in [2.45, 2.75) is 13.8 Å². The first-order chi connectivity index (χ1) is 13.1. The molecule has 2 amide bonds. The van der Waals surface area contributed by atoms with E-state index in [9.17, 15) is 9.59 Å². The van der Waals surface area contributed by atoms with Crippen molar-refractivity contribution in [2.24, 2.45) is 3.15 Å². The molecule has 0 aliphatic carbocycles. The van der Waals surface area contributed by atoms with E-state index in [1.165, 1.54) is 4.90 Å². The number of aryl methyl sites for hydroxylation is 1. The largest absolute Gasteiger partial charge is 0.316 e. The summed E-state index contributed by atoms with van der Waals surface area (Å²) < 4.78 is 8.65. The summed E-state index contributed by atoms with van der Waals surface area (Å²) in [6.07, 6.45) is 5.80. The number of hydrogen-bond donors (Lipinski definition) is 0. The highest BCUT2D eigenvalue weighted by molar-refractivity contribution is 14.2. The van der Waals surface area contributed by atoms with E-state index in [-0.39, 0.29) is 32.2 Å². The molecule has 2 aliphatic heterocycles. The molecule has 0 spiro atoms. The Balaban J connectivity index is 1.70. The average Bonchev–Trinajstić information content (AvgIpc) is 3.11. The molecule has 0 bridgehead atoms. The van der Waals surface area contributed by atoms with E-state index in [1.807, 2.05) is 50.4 Å². The number of rotatable bonds is 3. The first-order valence-corrected chi connectivity index (χ1v) is 11.3. The van der Waals surface area contributed by atoms with Crippen LogP contribution in [0.2, 0.25) is 0 Å². The average molecular weight is 489 g/mol. The molecule has 1 aromatic heterocycles. The molecule has 2 aromatic rings. The molecule has 1 aromatic carbocycles. The Hall–Kier alpha value is -2.26. The lowest BCUT2D eigenvalue weighted by molar-refractivity contribution is -0.113. The molecule has 136 valence electrons. The maximum absolute atomic E-state index is 12.8. The SMILES string of the molecule is Cc1cc(/C=C2\SC(=O)N(c3ccccc3)C2=O)c(C)n1C1=CN=IC=C1. The summed E-state index contributed by atoms with van der Waals surface area (Å²) in [5.41, 5.74) is 4.63. The third-order valence-corrected chi connectivity index (χ3v) is 6.50. The highest BCUT2D eigenvalue weighted by Crippen LogP contribution is 2.36. The van der Waals surface area contributed by atoms with Crippen molar-refractivity contribution in [1.82, 2.24) is 4.57 Å². The first kappa shape index (κ1) is 18.1. The third-order valence-electron chi connectivity index (χ3n) is 4.35. The second-order valence-corrected chi connectivity index (χ2v) is 8.88. The van der Waals surface area contributed by atoms with Crippen molar-refractivity contribution < 1.29 is 9.59 Å². The van der Waals surface area contributed by atoms with Crippen molar-refractivity contribution in [3.63, 3.8) is 0 Å². The molecule has 0 N–H and O–H groups in total. The van der Waals surface area contributed by atoms with Gasteiger partial charge in [-0.05, 0) is 65.6 Å². The number of aromatic nitrogens is 1. The fraction of sp³-hybridized carbons (Fsp3) is 0.100. The molecular formula is C20H16IN3O2S. The Bertz CT molecular complexity index is 1060. The molecule has 5 nitrogen and oxygen atoms in total. The molecule has 1 saturated heterocycles. The van der Waals surface area contributed by atoms with E-state index in [0.717, 1.165) is 34.4 Å². The number of imide groups is 1. The van der Waals surface area contributed by atoms with Gasteiger partial charge in [0, 0.05) is 32.4 Å². The zero-order chi connectivity index (χ0) is 19.0. The van der Waals surface area contributed by atoms with Gasteiger partial charge in [0.2, 0.25) is 0 Å². The number of benzene rings is 1. The second kappa shape index (κ2) is 7.40. The number of hydrogen-bond acceptors (Lipinski definition) is 4. The molecule has 4 rings (SSSR count). The van der Waals surface area contributed by atoms with Gasteiger partial charge < -0.3 is 4.57 Å². The van der Waals surface area contributed by atoms with Gasteiger partial charge in [0.05, 0.1) is 22.5 Å². The Kier molecular flexibility index (Phi) is 4.96. The van der Waals surface area contributed by atoms with Gasteiger partial charge in [-0.15, -0.1) is 0 Å². The smallest absolute Gasteiger partial charge is 0.298 e.